The van der Waals surface area contributed by atoms with Gasteiger partial charge in [-0.3, -0.25) is 9.59 Å². The average molecular weight is 398 g/mol. The molecular weight excluding hydrogens is 372 g/mol. The van der Waals surface area contributed by atoms with Gasteiger partial charge in [0.05, 0.1) is 12.6 Å². The van der Waals surface area contributed by atoms with Gasteiger partial charge in [0.25, 0.3) is 0 Å². The van der Waals surface area contributed by atoms with Crippen molar-refractivity contribution in [2.45, 2.75) is 57.2 Å². The smallest absolute Gasteiger partial charge is 0.222 e. The molecule has 0 radical (unpaired) electrons. The first kappa shape index (κ1) is 19.4. The van der Waals surface area contributed by atoms with E-state index in [9.17, 15) is 9.59 Å². The number of nitrogens with one attached hydrogen (secondary N) is 1. The van der Waals surface area contributed by atoms with E-state index in [-0.39, 0.29) is 17.9 Å². The van der Waals surface area contributed by atoms with Crippen LogP contribution in [0.25, 0.3) is 0 Å². The van der Waals surface area contributed by atoms with Crippen LogP contribution in [0.2, 0.25) is 0 Å². The molecule has 0 aliphatic carbocycles. The Morgan fingerprint density at radius 2 is 2.21 bits per heavy atom. The van der Waals surface area contributed by atoms with Gasteiger partial charge in [-0.2, -0.15) is 0 Å². The highest BCUT2D eigenvalue weighted by atomic mass is 16.5. The van der Waals surface area contributed by atoms with Crippen LogP contribution in [0.4, 0.5) is 0 Å². The summed E-state index contributed by atoms with van der Waals surface area (Å²) in [5.41, 5.74) is 0.540. The number of aromatic nitrogens is 4. The number of fused-ring (bicyclic) bond motifs is 1. The van der Waals surface area contributed by atoms with Gasteiger partial charge in [0.1, 0.15) is 17.7 Å². The van der Waals surface area contributed by atoms with E-state index in [4.69, 9.17) is 4.74 Å². The topological polar surface area (TPSA) is 102 Å². The first-order chi connectivity index (χ1) is 14.1. The highest BCUT2D eigenvalue weighted by molar-refractivity contribution is 5.77. The minimum atomic E-state index is -0.443. The van der Waals surface area contributed by atoms with Crippen LogP contribution in [0, 0.1) is 0 Å². The summed E-state index contributed by atoms with van der Waals surface area (Å²) < 4.78 is 7.99. The highest BCUT2D eigenvalue weighted by Gasteiger charge is 2.43. The Kier molecular flexibility index (Phi) is 5.46. The van der Waals surface area contributed by atoms with Crippen molar-refractivity contribution in [3.05, 3.63) is 36.2 Å². The Bertz CT molecular complexity index is 871. The van der Waals surface area contributed by atoms with Crippen LogP contribution in [0.3, 0.4) is 0 Å². The monoisotopic (exact) mass is 398 g/mol. The van der Waals surface area contributed by atoms with Crippen LogP contribution in [0.15, 0.2) is 30.6 Å². The zero-order valence-electron chi connectivity index (χ0n) is 16.6. The molecule has 1 fully saturated rings. The third-order valence-corrected chi connectivity index (χ3v) is 5.86. The summed E-state index contributed by atoms with van der Waals surface area (Å²) in [5, 5.41) is 14.1. The van der Waals surface area contributed by atoms with Crippen molar-refractivity contribution in [3.63, 3.8) is 0 Å². The summed E-state index contributed by atoms with van der Waals surface area (Å²) in [4.78, 5) is 26.9. The standard InChI is InChI=1S/C20H26N6O3/c1-2-25-12-10-20(9-7-19(25)28)13-16(15-5-3-4-6-17(15)29-20)22-18(27)8-11-26-14-21-23-24-26/h3-6,14,16H,2,7-13H2,1H3,(H,22,27)/t16-,20-/m0/s1. The Hall–Kier alpha value is -2.97. The summed E-state index contributed by atoms with van der Waals surface area (Å²) in [6.07, 6.45) is 4.33. The Morgan fingerprint density at radius 1 is 1.34 bits per heavy atom. The van der Waals surface area contributed by atoms with Crippen LogP contribution in [0.5, 0.6) is 5.75 Å². The second-order valence-electron chi connectivity index (χ2n) is 7.69. The fourth-order valence-electron chi connectivity index (χ4n) is 4.23. The number of hydrogen-bond acceptors (Lipinski definition) is 6. The first-order valence-electron chi connectivity index (χ1n) is 10.1. The van der Waals surface area contributed by atoms with Gasteiger partial charge in [-0.15, -0.1) is 5.10 Å². The molecule has 3 heterocycles. The zero-order chi connectivity index (χ0) is 20.3. The van der Waals surface area contributed by atoms with Gasteiger partial charge in [0, 0.05) is 44.3 Å². The Morgan fingerprint density at radius 3 is 3.00 bits per heavy atom. The molecule has 9 heteroatoms. The lowest BCUT2D eigenvalue weighted by Crippen LogP contribution is -2.46. The molecule has 0 unspecified atom stereocenters. The molecule has 4 rings (SSSR count). The van der Waals surface area contributed by atoms with E-state index in [0.717, 1.165) is 17.7 Å². The highest BCUT2D eigenvalue weighted by Crippen LogP contribution is 2.44. The molecule has 0 bridgehead atoms. The first-order valence-corrected chi connectivity index (χ1v) is 10.1. The van der Waals surface area contributed by atoms with Crippen molar-refractivity contribution in [3.8, 4) is 5.75 Å². The molecule has 9 nitrogen and oxygen atoms in total. The van der Waals surface area contributed by atoms with E-state index >= 15 is 0 Å². The van der Waals surface area contributed by atoms with Crippen LogP contribution in [0.1, 0.15) is 50.6 Å². The number of carbonyl (C=O) groups excluding carboxylic acids is 2. The number of tetrazole rings is 1. The predicted octanol–water partition coefficient (Wildman–Crippen LogP) is 1.47. The van der Waals surface area contributed by atoms with Gasteiger partial charge < -0.3 is 15.0 Å². The molecule has 2 aliphatic heterocycles. The normalized spacial score (nSPS) is 24.0. The van der Waals surface area contributed by atoms with E-state index in [1.165, 1.54) is 11.0 Å². The minimum Gasteiger partial charge on any atom is -0.487 e. The van der Waals surface area contributed by atoms with Crippen molar-refractivity contribution >= 4 is 11.8 Å². The molecule has 1 N–H and O–H groups in total. The summed E-state index contributed by atoms with van der Waals surface area (Å²) in [6.45, 7) is 3.82. The maximum atomic E-state index is 12.6. The zero-order valence-corrected chi connectivity index (χ0v) is 16.6. The number of nitrogens with zero attached hydrogens (tertiary/aromatic N) is 5. The second-order valence-corrected chi connectivity index (χ2v) is 7.69. The Balaban J connectivity index is 1.50. The maximum absolute atomic E-state index is 12.6. The van der Waals surface area contributed by atoms with E-state index in [2.05, 4.69) is 20.8 Å². The summed E-state index contributed by atoms with van der Waals surface area (Å²) in [6, 6.07) is 7.68. The van der Waals surface area contributed by atoms with Gasteiger partial charge in [-0.1, -0.05) is 18.2 Å². The van der Waals surface area contributed by atoms with Gasteiger partial charge in [-0.05, 0) is 29.8 Å². The van der Waals surface area contributed by atoms with Gasteiger partial charge >= 0.3 is 0 Å². The number of hydrogen-bond donors (Lipinski definition) is 1. The number of para-hydroxylation sites is 1. The summed E-state index contributed by atoms with van der Waals surface area (Å²) in [5.74, 6) is 0.910. The van der Waals surface area contributed by atoms with Gasteiger partial charge in [0.2, 0.25) is 11.8 Å². The average Bonchev–Trinajstić information content (AvgIpc) is 3.20. The lowest BCUT2D eigenvalue weighted by molar-refractivity contribution is -0.130. The number of aryl methyl sites for hydroxylation is 1. The number of benzene rings is 1. The SMILES string of the molecule is CCN1CC[C@@]2(CCC1=O)C[C@H](NC(=O)CCn1cnnn1)c1ccccc1O2. The molecule has 2 aromatic rings. The van der Waals surface area contributed by atoms with Crippen molar-refractivity contribution in [1.82, 2.24) is 30.4 Å². The van der Waals surface area contributed by atoms with E-state index < -0.39 is 5.60 Å². The lowest BCUT2D eigenvalue weighted by Gasteiger charge is -2.42. The van der Waals surface area contributed by atoms with Crippen molar-refractivity contribution < 1.29 is 14.3 Å². The number of ether oxygens (including phenoxy) is 1. The predicted molar refractivity (Wildman–Crippen MR) is 104 cm³/mol. The molecule has 0 saturated carbocycles. The van der Waals surface area contributed by atoms with E-state index in [1.807, 2.05) is 36.1 Å². The molecule has 2 atom stereocenters. The third-order valence-electron chi connectivity index (χ3n) is 5.86. The Labute approximate surface area is 169 Å². The van der Waals surface area contributed by atoms with Gasteiger partial charge in [0.15, 0.2) is 0 Å². The molecule has 2 aliphatic rings. The molecule has 1 spiro atoms. The minimum absolute atomic E-state index is 0.0581. The van der Waals surface area contributed by atoms with Crippen LogP contribution in [-0.4, -0.2) is 55.6 Å². The van der Waals surface area contributed by atoms with Crippen molar-refractivity contribution in [1.29, 1.82) is 0 Å². The van der Waals surface area contributed by atoms with E-state index in [0.29, 0.717) is 45.3 Å². The molecule has 1 aromatic heterocycles. The third kappa shape index (κ3) is 4.23. The quantitative estimate of drug-likeness (QED) is 0.818. The number of rotatable bonds is 5. The lowest BCUT2D eigenvalue weighted by atomic mass is 9.82. The number of carbonyl (C=O) groups is 2. The summed E-state index contributed by atoms with van der Waals surface area (Å²) in [7, 11) is 0. The molecular formula is C20H26N6O3. The molecule has 29 heavy (non-hydrogen) atoms. The van der Waals surface area contributed by atoms with Crippen molar-refractivity contribution in [2.24, 2.45) is 0 Å². The molecule has 1 saturated heterocycles. The summed E-state index contributed by atoms with van der Waals surface area (Å²) >= 11 is 0. The molecule has 1 aromatic carbocycles. The van der Waals surface area contributed by atoms with Crippen LogP contribution < -0.4 is 10.1 Å². The van der Waals surface area contributed by atoms with Crippen LogP contribution >= 0.6 is 0 Å². The largest absolute Gasteiger partial charge is 0.487 e. The van der Waals surface area contributed by atoms with Crippen LogP contribution in [-0.2, 0) is 16.1 Å². The van der Waals surface area contributed by atoms with E-state index in [1.54, 1.807) is 0 Å². The number of likely N-dealkylation sites (tertiary alicyclic amines) is 1. The van der Waals surface area contributed by atoms with Gasteiger partial charge in [-0.25, -0.2) is 4.68 Å². The van der Waals surface area contributed by atoms with Crippen molar-refractivity contribution in [2.75, 3.05) is 13.1 Å². The molecule has 2 amide bonds. The number of amides is 2. The second kappa shape index (κ2) is 8.18. The molecule has 154 valence electrons. The fraction of sp³-hybridized carbons (Fsp3) is 0.550. The maximum Gasteiger partial charge on any atom is 0.222 e. The fourth-order valence-corrected chi connectivity index (χ4v) is 4.23.